The van der Waals surface area contributed by atoms with Crippen LogP contribution in [0.15, 0.2) is 0 Å². The molecular weight excluding hydrogens is 319 g/mol. The van der Waals surface area contributed by atoms with Crippen LogP contribution in [0.5, 0.6) is 0 Å². The molecule has 0 radical (unpaired) electrons. The highest BCUT2D eigenvalue weighted by Gasteiger charge is 2.59. The molecule has 0 heterocycles. The average Bonchev–Trinajstić information content (AvgIpc) is 3.41. The van der Waals surface area contributed by atoms with Crippen molar-refractivity contribution in [3.63, 3.8) is 0 Å². The average molecular weight is 363 g/mol. The van der Waals surface area contributed by atoms with Crippen LogP contribution in [0.25, 0.3) is 0 Å². The van der Waals surface area contributed by atoms with Gasteiger partial charge in [0.15, 0.2) is 0 Å². The van der Waals surface area contributed by atoms with Crippen LogP contribution in [-0.2, 0) is 0 Å². The van der Waals surface area contributed by atoms with Crippen molar-refractivity contribution < 1.29 is 0 Å². The van der Waals surface area contributed by atoms with E-state index in [4.69, 9.17) is 0 Å². The Hall–Kier alpha value is 0.430. The molecule has 4 fully saturated rings. The van der Waals surface area contributed by atoms with Gasteiger partial charge in [0, 0.05) is 0 Å². The maximum absolute atomic E-state index is 2.87. The smallest absolute Gasteiger partial charge is 0.0261 e. The van der Waals surface area contributed by atoms with Crippen LogP contribution in [0.2, 0.25) is 0 Å². The molecule has 4 aliphatic rings. The molecule has 25 heavy (non-hydrogen) atoms. The van der Waals surface area contributed by atoms with Gasteiger partial charge in [-0.05, 0) is 112 Å². The number of hydrogen-bond acceptors (Lipinski definition) is 0. The first kappa shape index (κ1) is 18.8. The molecule has 0 spiro atoms. The summed E-state index contributed by atoms with van der Waals surface area (Å²) in [5.41, 5.74) is 1.64. The zero-order valence-electron chi connectivity index (χ0n) is 16.7. The van der Waals surface area contributed by atoms with Gasteiger partial charge in [0.1, 0.15) is 0 Å². The van der Waals surface area contributed by atoms with Gasteiger partial charge in [-0.25, -0.2) is 0 Å². The molecule has 0 aromatic heterocycles. The summed E-state index contributed by atoms with van der Waals surface area (Å²) >= 11 is 0. The van der Waals surface area contributed by atoms with Crippen molar-refractivity contribution >= 4 is 9.24 Å². The highest BCUT2D eigenvalue weighted by atomic mass is 31.0. The second kappa shape index (κ2) is 8.20. The monoisotopic (exact) mass is 362 g/mol. The summed E-state index contributed by atoms with van der Waals surface area (Å²) in [5, 5.41) is 0. The van der Waals surface area contributed by atoms with Gasteiger partial charge in [-0.15, -0.1) is 9.24 Å². The Morgan fingerprint density at radius 3 is 1.48 bits per heavy atom. The predicted molar refractivity (Wildman–Crippen MR) is 113 cm³/mol. The molecular formula is C24H43P. The Morgan fingerprint density at radius 1 is 0.640 bits per heavy atom. The first-order valence-electron chi connectivity index (χ1n) is 12.0. The summed E-state index contributed by atoms with van der Waals surface area (Å²) in [4.78, 5) is 0. The Balaban J connectivity index is 1.30. The molecule has 4 bridgehead atoms. The first-order chi connectivity index (χ1) is 12.3. The number of fused-ring (bicyclic) bond motifs is 4. The molecule has 4 aliphatic carbocycles. The molecule has 0 amide bonds. The molecule has 0 saturated heterocycles. The number of hydrogen-bond donors (Lipinski definition) is 0. The van der Waals surface area contributed by atoms with Crippen molar-refractivity contribution in [2.75, 3.05) is 6.16 Å². The summed E-state index contributed by atoms with van der Waals surface area (Å²) < 4.78 is 0. The summed E-state index contributed by atoms with van der Waals surface area (Å²) in [6, 6.07) is 0. The molecule has 144 valence electrons. The van der Waals surface area contributed by atoms with E-state index in [0.29, 0.717) is 0 Å². The fourth-order valence-electron chi connectivity index (χ4n) is 8.09. The fraction of sp³-hybridized carbons (Fsp3) is 1.00. The maximum Gasteiger partial charge on any atom is -0.0261 e. The summed E-state index contributed by atoms with van der Waals surface area (Å²) in [6.45, 7) is 0. The van der Waals surface area contributed by atoms with Crippen LogP contribution < -0.4 is 0 Å². The summed E-state index contributed by atoms with van der Waals surface area (Å²) in [7, 11) is 2.87. The van der Waals surface area contributed by atoms with Crippen LogP contribution >= 0.6 is 9.24 Å². The summed E-state index contributed by atoms with van der Waals surface area (Å²) in [6.07, 6.45) is 29.4. The molecule has 1 heteroatoms. The van der Waals surface area contributed by atoms with E-state index in [2.05, 4.69) is 9.24 Å². The van der Waals surface area contributed by atoms with E-state index in [1.165, 1.54) is 44.7 Å². The Labute approximate surface area is 159 Å². The van der Waals surface area contributed by atoms with Crippen molar-refractivity contribution in [3.05, 3.63) is 0 Å². The van der Waals surface area contributed by atoms with Crippen molar-refractivity contribution in [3.8, 4) is 0 Å². The van der Waals surface area contributed by atoms with E-state index < -0.39 is 0 Å². The Kier molecular flexibility index (Phi) is 6.16. The minimum Gasteiger partial charge on any atom is -0.138 e. The zero-order valence-corrected chi connectivity index (χ0v) is 17.9. The van der Waals surface area contributed by atoms with E-state index in [-0.39, 0.29) is 0 Å². The maximum atomic E-state index is 2.87. The third-order valence-corrected chi connectivity index (χ3v) is 9.68. The first-order valence-corrected chi connectivity index (χ1v) is 12.8. The van der Waals surface area contributed by atoms with Gasteiger partial charge in [-0.2, -0.15) is 0 Å². The molecule has 4 rings (SSSR count). The van der Waals surface area contributed by atoms with Gasteiger partial charge in [0.05, 0.1) is 0 Å². The topological polar surface area (TPSA) is 0 Å². The van der Waals surface area contributed by atoms with Crippen LogP contribution in [0.3, 0.4) is 0 Å². The van der Waals surface area contributed by atoms with Gasteiger partial charge in [0.2, 0.25) is 0 Å². The highest BCUT2D eigenvalue weighted by molar-refractivity contribution is 7.16. The standard InChI is InChI=1S/C24H43P/c25-17-7-5-3-1-2-4-6-8-22(23-13-9-20(18-23)10-14-23)24-15-11-21(19-24)12-16-24/h20-22H,1-19,25H2. The third kappa shape index (κ3) is 3.86. The van der Waals surface area contributed by atoms with E-state index in [0.717, 1.165) is 28.6 Å². The normalized spacial score (nSPS) is 40.2. The van der Waals surface area contributed by atoms with E-state index in [9.17, 15) is 0 Å². The van der Waals surface area contributed by atoms with Gasteiger partial charge in [-0.1, -0.05) is 38.5 Å². The van der Waals surface area contributed by atoms with Gasteiger partial charge < -0.3 is 0 Å². The number of unbranched alkanes of at least 4 members (excludes halogenated alkanes) is 6. The Morgan fingerprint density at radius 2 is 1.08 bits per heavy atom. The second-order valence-corrected chi connectivity index (χ2v) is 11.2. The minimum atomic E-state index is 0.822. The van der Waals surface area contributed by atoms with Gasteiger partial charge in [-0.3, -0.25) is 0 Å². The molecule has 4 saturated carbocycles. The second-order valence-electron chi connectivity index (χ2n) is 10.6. The van der Waals surface area contributed by atoms with E-state index in [1.807, 2.05) is 0 Å². The third-order valence-electron chi connectivity index (χ3n) is 9.27. The summed E-state index contributed by atoms with van der Waals surface area (Å²) in [5.74, 6) is 3.39. The number of rotatable bonds is 11. The van der Waals surface area contributed by atoms with Crippen molar-refractivity contribution in [2.24, 2.45) is 28.6 Å². The van der Waals surface area contributed by atoms with Crippen molar-refractivity contribution in [1.82, 2.24) is 0 Å². The van der Waals surface area contributed by atoms with Crippen molar-refractivity contribution in [1.29, 1.82) is 0 Å². The van der Waals surface area contributed by atoms with Crippen LogP contribution in [0.1, 0.15) is 116 Å². The SMILES string of the molecule is PCCCCCCCCCC(C12CCC(CC1)C2)C12CCC(CC1)C2. The Bertz CT molecular complexity index is 382. The predicted octanol–water partition coefficient (Wildman–Crippen LogP) is 7.76. The van der Waals surface area contributed by atoms with E-state index in [1.54, 1.807) is 77.0 Å². The lowest BCUT2D eigenvalue weighted by Crippen LogP contribution is -2.39. The van der Waals surface area contributed by atoms with Crippen LogP contribution in [0.4, 0.5) is 0 Å². The van der Waals surface area contributed by atoms with Gasteiger partial charge >= 0.3 is 0 Å². The lowest BCUT2D eigenvalue weighted by atomic mass is 9.57. The van der Waals surface area contributed by atoms with Crippen LogP contribution in [0, 0.1) is 28.6 Å². The van der Waals surface area contributed by atoms with E-state index >= 15 is 0 Å². The lowest BCUT2D eigenvalue weighted by Gasteiger charge is -2.47. The molecule has 0 aromatic rings. The fourth-order valence-corrected chi connectivity index (χ4v) is 8.38. The molecule has 1 atom stereocenters. The molecule has 0 aliphatic heterocycles. The minimum absolute atomic E-state index is 0.822. The molecule has 0 nitrogen and oxygen atoms in total. The lowest BCUT2D eigenvalue weighted by molar-refractivity contribution is 0.0215. The van der Waals surface area contributed by atoms with Crippen molar-refractivity contribution in [2.45, 2.75) is 116 Å². The van der Waals surface area contributed by atoms with Gasteiger partial charge in [0.25, 0.3) is 0 Å². The largest absolute Gasteiger partial charge is 0.138 e. The molecule has 0 aromatic carbocycles. The molecule has 1 unspecified atom stereocenters. The molecule has 0 N–H and O–H groups in total. The van der Waals surface area contributed by atoms with Crippen LogP contribution in [-0.4, -0.2) is 6.16 Å². The highest BCUT2D eigenvalue weighted by Crippen LogP contribution is 2.69. The quantitative estimate of drug-likeness (QED) is 0.260. The zero-order chi connectivity index (χ0) is 17.2.